The van der Waals surface area contributed by atoms with Gasteiger partial charge < -0.3 is 14.4 Å². The van der Waals surface area contributed by atoms with E-state index >= 15 is 4.39 Å². The first-order chi connectivity index (χ1) is 16.5. The fraction of sp³-hybridized carbons (Fsp3) is 0.407. The van der Waals surface area contributed by atoms with Gasteiger partial charge in [0.2, 0.25) is 0 Å². The van der Waals surface area contributed by atoms with E-state index in [-0.39, 0.29) is 12.3 Å². The monoisotopic (exact) mass is 463 g/mol. The lowest BCUT2D eigenvalue weighted by molar-refractivity contribution is -0.146. The summed E-state index contributed by atoms with van der Waals surface area (Å²) in [5.74, 6) is 5.55. The first-order valence-corrected chi connectivity index (χ1v) is 11.6. The number of aliphatic carboxylic acids is 1. The number of pyridine rings is 1. The maximum atomic E-state index is 15.3. The van der Waals surface area contributed by atoms with Gasteiger partial charge in [-0.25, -0.2) is 4.39 Å². The second-order valence-corrected chi connectivity index (χ2v) is 8.86. The van der Waals surface area contributed by atoms with Gasteiger partial charge in [0.15, 0.2) is 0 Å². The van der Waals surface area contributed by atoms with Gasteiger partial charge in [-0.05, 0) is 79.6 Å². The van der Waals surface area contributed by atoms with Crippen LogP contribution >= 0.6 is 0 Å². The van der Waals surface area contributed by atoms with E-state index in [0.29, 0.717) is 36.3 Å². The van der Waals surface area contributed by atoms with Gasteiger partial charge in [-0.3, -0.25) is 14.7 Å². The Morgan fingerprint density at radius 3 is 2.94 bits per heavy atom. The second kappa shape index (κ2) is 10.7. The standard InChI is InChI=1S/C27H30FN3O3/c1-30-14-3-5-20(30)6-4-15-31-16-12-19(24(18-31)27(32)33)7-9-25(28)22-11-13-29-26-10-8-21(34-2)17-23(22)26/h3,5,8,10-11,13-14,17,19,24-25H,7,9,12,15-16,18H2,1-2H3,(H,32,33)/t19-,24+,25-/m1/s1. The number of piperidine rings is 1. The van der Waals surface area contributed by atoms with Crippen molar-refractivity contribution in [2.75, 3.05) is 26.7 Å². The maximum absolute atomic E-state index is 15.3. The number of carbonyl (C=O) groups is 1. The number of aromatic nitrogens is 2. The summed E-state index contributed by atoms with van der Waals surface area (Å²) in [7, 11) is 3.52. The molecule has 3 heterocycles. The second-order valence-electron chi connectivity index (χ2n) is 8.86. The number of carboxylic acids is 1. The van der Waals surface area contributed by atoms with Gasteiger partial charge in [0.05, 0.1) is 30.8 Å². The Morgan fingerprint density at radius 1 is 1.35 bits per heavy atom. The molecule has 178 valence electrons. The van der Waals surface area contributed by atoms with Gasteiger partial charge in [-0.2, -0.15) is 0 Å². The average molecular weight is 464 g/mol. The summed E-state index contributed by atoms with van der Waals surface area (Å²) in [5.41, 5.74) is 2.22. The smallest absolute Gasteiger partial charge is 0.308 e. The van der Waals surface area contributed by atoms with Crippen LogP contribution in [0.2, 0.25) is 0 Å². The number of alkyl halides is 1. The molecule has 6 nitrogen and oxygen atoms in total. The predicted octanol–water partition coefficient (Wildman–Crippen LogP) is 4.45. The van der Waals surface area contributed by atoms with E-state index in [4.69, 9.17) is 4.74 Å². The van der Waals surface area contributed by atoms with Gasteiger partial charge >= 0.3 is 5.97 Å². The third-order valence-corrected chi connectivity index (χ3v) is 6.73. The van der Waals surface area contributed by atoms with Crippen LogP contribution in [-0.4, -0.2) is 52.3 Å². The van der Waals surface area contributed by atoms with Crippen molar-refractivity contribution in [3.8, 4) is 17.6 Å². The molecule has 1 aromatic carbocycles. The molecule has 1 fully saturated rings. The van der Waals surface area contributed by atoms with E-state index in [9.17, 15) is 9.90 Å². The number of ether oxygens (including phenoxy) is 1. The van der Waals surface area contributed by atoms with Crippen molar-refractivity contribution in [3.05, 3.63) is 60.0 Å². The SMILES string of the molecule is COc1ccc2nccc([C@H](F)CC[C@@H]3CCN(CC#Cc4cccn4C)C[C@@H]3C(=O)O)c2c1. The number of fused-ring (bicyclic) bond motifs is 1. The minimum atomic E-state index is -1.19. The molecule has 1 saturated heterocycles. The molecular weight excluding hydrogens is 433 g/mol. The molecule has 3 atom stereocenters. The Hall–Kier alpha value is -3.37. The lowest BCUT2D eigenvalue weighted by atomic mass is 9.81. The number of nitrogens with zero attached hydrogens (tertiary/aromatic N) is 3. The molecule has 4 rings (SSSR count). The Balaban J connectivity index is 1.38. The van der Waals surface area contributed by atoms with Crippen molar-refractivity contribution in [1.29, 1.82) is 0 Å². The van der Waals surface area contributed by atoms with E-state index in [0.717, 1.165) is 24.0 Å². The average Bonchev–Trinajstić information content (AvgIpc) is 3.26. The maximum Gasteiger partial charge on any atom is 0.308 e. The third kappa shape index (κ3) is 5.40. The summed E-state index contributed by atoms with van der Waals surface area (Å²) in [4.78, 5) is 18.4. The highest BCUT2D eigenvalue weighted by molar-refractivity contribution is 5.83. The molecule has 34 heavy (non-hydrogen) atoms. The topological polar surface area (TPSA) is 67.6 Å². The number of aryl methyl sites for hydroxylation is 1. The molecule has 7 heteroatoms. The van der Waals surface area contributed by atoms with E-state index in [2.05, 4.69) is 21.7 Å². The molecular formula is C27H30FN3O3. The molecule has 0 bridgehead atoms. The van der Waals surface area contributed by atoms with Crippen LogP contribution in [0.4, 0.5) is 4.39 Å². The van der Waals surface area contributed by atoms with E-state index in [1.54, 1.807) is 25.4 Å². The molecule has 0 aliphatic carbocycles. The lowest BCUT2D eigenvalue weighted by Gasteiger charge is -2.35. The van der Waals surface area contributed by atoms with Gasteiger partial charge in [0.1, 0.15) is 11.9 Å². The molecule has 1 aliphatic heterocycles. The molecule has 0 amide bonds. The van der Waals surface area contributed by atoms with E-state index in [1.807, 2.05) is 42.1 Å². The minimum Gasteiger partial charge on any atom is -0.497 e. The highest BCUT2D eigenvalue weighted by Crippen LogP contribution is 2.35. The Bertz CT molecular complexity index is 1210. The normalized spacial score (nSPS) is 19.4. The van der Waals surface area contributed by atoms with Crippen LogP contribution in [-0.2, 0) is 11.8 Å². The van der Waals surface area contributed by atoms with Crippen LogP contribution in [0.25, 0.3) is 10.9 Å². The van der Waals surface area contributed by atoms with Crippen LogP contribution in [0.3, 0.4) is 0 Å². The zero-order valence-electron chi connectivity index (χ0n) is 19.6. The molecule has 0 unspecified atom stereocenters. The summed E-state index contributed by atoms with van der Waals surface area (Å²) in [6.07, 6.45) is 3.89. The molecule has 2 aromatic heterocycles. The number of likely N-dealkylation sites (tertiary alicyclic amines) is 1. The number of halogens is 1. The molecule has 3 aromatic rings. The number of carboxylic acid groups (broad SMARTS) is 1. The van der Waals surface area contributed by atoms with Crippen molar-refractivity contribution >= 4 is 16.9 Å². The highest BCUT2D eigenvalue weighted by Gasteiger charge is 2.34. The zero-order chi connectivity index (χ0) is 24.1. The molecule has 0 spiro atoms. The molecule has 0 saturated carbocycles. The quantitative estimate of drug-likeness (QED) is 0.525. The van der Waals surface area contributed by atoms with Crippen LogP contribution < -0.4 is 4.74 Å². The number of rotatable bonds is 7. The van der Waals surface area contributed by atoms with Crippen molar-refractivity contribution in [3.63, 3.8) is 0 Å². The van der Waals surface area contributed by atoms with Crippen LogP contribution in [0.1, 0.15) is 36.7 Å². The summed E-state index contributed by atoms with van der Waals surface area (Å²) in [6, 6.07) is 11.0. The van der Waals surface area contributed by atoms with E-state index in [1.165, 1.54) is 0 Å². The van der Waals surface area contributed by atoms with Crippen molar-refractivity contribution in [2.45, 2.75) is 25.4 Å². The van der Waals surface area contributed by atoms with Gasteiger partial charge in [0, 0.05) is 31.4 Å². The van der Waals surface area contributed by atoms with Crippen molar-refractivity contribution in [2.24, 2.45) is 18.9 Å². The lowest BCUT2D eigenvalue weighted by Crippen LogP contribution is -2.44. The fourth-order valence-corrected chi connectivity index (χ4v) is 4.73. The number of hydrogen-bond donors (Lipinski definition) is 1. The zero-order valence-corrected chi connectivity index (χ0v) is 19.6. The van der Waals surface area contributed by atoms with Crippen LogP contribution in [0.5, 0.6) is 5.75 Å². The summed E-state index contributed by atoms with van der Waals surface area (Å²) in [5, 5.41) is 10.6. The van der Waals surface area contributed by atoms with Crippen molar-refractivity contribution in [1.82, 2.24) is 14.5 Å². The fourth-order valence-electron chi connectivity index (χ4n) is 4.73. The van der Waals surface area contributed by atoms with Crippen molar-refractivity contribution < 1.29 is 19.0 Å². The Kier molecular flexibility index (Phi) is 7.49. The highest BCUT2D eigenvalue weighted by atomic mass is 19.1. The third-order valence-electron chi connectivity index (χ3n) is 6.73. The summed E-state index contributed by atoms with van der Waals surface area (Å²) in [6.45, 7) is 1.73. The first kappa shape index (κ1) is 23.8. The predicted molar refractivity (Wildman–Crippen MR) is 129 cm³/mol. The van der Waals surface area contributed by atoms with E-state index < -0.39 is 18.1 Å². The summed E-state index contributed by atoms with van der Waals surface area (Å²) >= 11 is 0. The largest absolute Gasteiger partial charge is 0.497 e. The van der Waals surface area contributed by atoms with Crippen LogP contribution in [0, 0.1) is 23.7 Å². The molecule has 1 N–H and O–H groups in total. The van der Waals surface area contributed by atoms with Gasteiger partial charge in [-0.15, -0.1) is 0 Å². The number of methoxy groups -OCH3 is 1. The first-order valence-electron chi connectivity index (χ1n) is 11.6. The number of benzene rings is 1. The van der Waals surface area contributed by atoms with Gasteiger partial charge in [-0.1, -0.05) is 5.92 Å². The summed E-state index contributed by atoms with van der Waals surface area (Å²) < 4.78 is 22.6. The number of hydrogen-bond acceptors (Lipinski definition) is 4. The Labute approximate surface area is 199 Å². The molecule has 0 radical (unpaired) electrons. The van der Waals surface area contributed by atoms with Crippen LogP contribution in [0.15, 0.2) is 48.8 Å². The Morgan fingerprint density at radius 2 is 2.21 bits per heavy atom. The van der Waals surface area contributed by atoms with Gasteiger partial charge in [0.25, 0.3) is 0 Å². The molecule has 1 aliphatic rings. The minimum absolute atomic E-state index is 0.0597.